The Morgan fingerprint density at radius 2 is 0.792 bits per heavy atom. The van der Waals surface area contributed by atoms with Gasteiger partial charge in [0, 0.05) is 22.3 Å². The molecule has 6 aromatic carbocycles. The smallest absolute Gasteiger partial charge is 0.266 e. The van der Waals surface area contributed by atoms with Crippen molar-refractivity contribution in [3.05, 3.63) is 198 Å². The molecule has 0 fully saturated rings. The third kappa shape index (κ3) is 4.33. The van der Waals surface area contributed by atoms with E-state index in [0.717, 1.165) is 20.3 Å². The van der Waals surface area contributed by atoms with Crippen LogP contribution in [0.1, 0.15) is 15.9 Å². The second-order valence-electron chi connectivity index (χ2n) is 11.4. The van der Waals surface area contributed by atoms with Crippen LogP contribution in [-0.2, 0) is 0 Å². The SMILES string of the molecule is O=C(c1ccccc1)c1c2c(=O)n(-c3ccccc3-c3ccccc3)c(=O)c2cc2c(=O)n(-c3ccccc3-c3ccccc3)c(=O)c12. The molecule has 0 amide bonds. The molecule has 48 heavy (non-hydrogen) atoms. The van der Waals surface area contributed by atoms with Crippen molar-refractivity contribution in [1.82, 2.24) is 9.13 Å². The third-order valence-corrected chi connectivity index (χ3v) is 8.75. The molecule has 8 aromatic rings. The van der Waals surface area contributed by atoms with Crippen molar-refractivity contribution in [2.75, 3.05) is 0 Å². The number of aromatic nitrogens is 2. The quantitative estimate of drug-likeness (QED) is 0.198. The van der Waals surface area contributed by atoms with Crippen molar-refractivity contribution in [2.45, 2.75) is 0 Å². The largest absolute Gasteiger partial charge is 0.289 e. The highest BCUT2D eigenvalue weighted by Crippen LogP contribution is 2.30. The fraction of sp³-hybridized carbons (Fsp3) is 0. The van der Waals surface area contributed by atoms with E-state index in [1.165, 1.54) is 6.07 Å². The van der Waals surface area contributed by atoms with Gasteiger partial charge in [0.2, 0.25) is 0 Å². The van der Waals surface area contributed by atoms with Gasteiger partial charge in [-0.3, -0.25) is 24.0 Å². The molecule has 0 spiro atoms. The lowest BCUT2D eigenvalue weighted by Crippen LogP contribution is -2.25. The number of fused-ring (bicyclic) bond motifs is 2. The zero-order chi connectivity index (χ0) is 32.9. The molecule has 0 N–H and O–H groups in total. The molecule has 0 saturated heterocycles. The molecule has 0 unspecified atom stereocenters. The Morgan fingerprint density at radius 1 is 0.417 bits per heavy atom. The first kappa shape index (κ1) is 28.7. The van der Waals surface area contributed by atoms with Gasteiger partial charge in [0.25, 0.3) is 22.2 Å². The van der Waals surface area contributed by atoms with Gasteiger partial charge in [-0.1, -0.05) is 127 Å². The summed E-state index contributed by atoms with van der Waals surface area (Å²) in [6.45, 7) is 0. The van der Waals surface area contributed by atoms with Gasteiger partial charge in [-0.15, -0.1) is 0 Å². The standard InChI is InChI=1S/C41H24N2O5/c44-37(27-18-8-3-9-19-27)36-34-30(38(45)42(40(34)47)32-22-12-10-20-28(32)25-14-4-1-5-15-25)24-31-35(36)41(48)43(39(31)46)33-23-13-11-21-29(33)26-16-6-2-7-17-26/h1-24H. The summed E-state index contributed by atoms with van der Waals surface area (Å²) in [5.74, 6) is -0.637. The van der Waals surface area contributed by atoms with E-state index in [1.54, 1.807) is 66.7 Å². The summed E-state index contributed by atoms with van der Waals surface area (Å²) >= 11 is 0. The molecule has 0 bridgehead atoms. The molecule has 7 nitrogen and oxygen atoms in total. The lowest BCUT2D eigenvalue weighted by atomic mass is 9.95. The predicted molar refractivity (Wildman–Crippen MR) is 188 cm³/mol. The van der Waals surface area contributed by atoms with Crippen LogP contribution in [0.3, 0.4) is 0 Å². The van der Waals surface area contributed by atoms with Crippen LogP contribution in [0.2, 0.25) is 0 Å². The number of rotatable bonds is 6. The van der Waals surface area contributed by atoms with E-state index in [0.29, 0.717) is 22.5 Å². The molecule has 0 radical (unpaired) electrons. The fourth-order valence-corrected chi connectivity index (χ4v) is 6.57. The highest BCUT2D eigenvalue weighted by molar-refractivity contribution is 6.24. The van der Waals surface area contributed by atoms with E-state index in [-0.39, 0.29) is 32.7 Å². The summed E-state index contributed by atoms with van der Waals surface area (Å²) in [4.78, 5) is 71.8. The predicted octanol–water partition coefficient (Wildman–Crippen LogP) is 6.46. The molecule has 0 atom stereocenters. The van der Waals surface area contributed by atoms with Crippen LogP contribution in [-0.4, -0.2) is 14.9 Å². The van der Waals surface area contributed by atoms with Crippen LogP contribution in [0.4, 0.5) is 0 Å². The molecule has 0 aliphatic heterocycles. The van der Waals surface area contributed by atoms with Crippen LogP contribution in [0, 0.1) is 0 Å². The van der Waals surface area contributed by atoms with Crippen molar-refractivity contribution in [3.8, 4) is 33.6 Å². The molecular weight excluding hydrogens is 600 g/mol. The van der Waals surface area contributed by atoms with Crippen molar-refractivity contribution >= 4 is 27.3 Å². The second kappa shape index (κ2) is 11.3. The van der Waals surface area contributed by atoms with Crippen molar-refractivity contribution in [2.24, 2.45) is 0 Å². The molecular formula is C41H24N2O5. The summed E-state index contributed by atoms with van der Waals surface area (Å²) in [6.07, 6.45) is 0. The minimum Gasteiger partial charge on any atom is -0.289 e. The van der Waals surface area contributed by atoms with Gasteiger partial charge in [-0.05, 0) is 29.3 Å². The van der Waals surface area contributed by atoms with E-state index in [2.05, 4.69) is 0 Å². The minimum absolute atomic E-state index is 0.111. The van der Waals surface area contributed by atoms with Gasteiger partial charge in [-0.25, -0.2) is 9.13 Å². The van der Waals surface area contributed by atoms with E-state index in [4.69, 9.17) is 0 Å². The number of nitrogens with zero attached hydrogens (tertiary/aromatic N) is 2. The zero-order valence-electron chi connectivity index (χ0n) is 25.3. The summed E-state index contributed by atoms with van der Waals surface area (Å²) in [7, 11) is 0. The molecule has 0 aliphatic rings. The van der Waals surface area contributed by atoms with E-state index < -0.39 is 28.0 Å². The highest BCUT2D eigenvalue weighted by atomic mass is 16.2. The topological polar surface area (TPSA) is 95.2 Å². The van der Waals surface area contributed by atoms with E-state index in [9.17, 15) is 24.0 Å². The minimum atomic E-state index is -0.746. The average molecular weight is 625 g/mol. The Hall–Kier alpha value is -6.73. The number of benzene rings is 6. The Labute approximate surface area is 272 Å². The number of carbonyl (C=O) groups is 1. The maximum Gasteiger partial charge on any atom is 0.266 e. The summed E-state index contributed by atoms with van der Waals surface area (Å²) in [5, 5.41) is -0.620. The number of para-hydroxylation sites is 2. The molecule has 2 heterocycles. The van der Waals surface area contributed by atoms with Crippen LogP contribution < -0.4 is 22.2 Å². The Balaban J connectivity index is 1.49. The highest BCUT2D eigenvalue weighted by Gasteiger charge is 2.30. The van der Waals surface area contributed by atoms with E-state index in [1.807, 2.05) is 72.8 Å². The van der Waals surface area contributed by atoms with Crippen molar-refractivity contribution < 1.29 is 4.79 Å². The summed E-state index contributed by atoms with van der Waals surface area (Å²) in [6, 6.07) is 42.1. The molecule has 8 rings (SSSR count). The number of carbonyl (C=O) groups excluding carboxylic acids is 1. The van der Waals surface area contributed by atoms with Crippen molar-refractivity contribution in [1.29, 1.82) is 0 Å². The number of hydrogen-bond donors (Lipinski definition) is 0. The average Bonchev–Trinajstić information content (AvgIpc) is 3.54. The number of hydrogen-bond acceptors (Lipinski definition) is 5. The Bertz CT molecular complexity index is 2590. The lowest BCUT2D eigenvalue weighted by Gasteiger charge is -2.09. The maximum absolute atomic E-state index is 14.5. The van der Waals surface area contributed by atoms with E-state index >= 15 is 0 Å². The fourth-order valence-electron chi connectivity index (χ4n) is 6.57. The molecule has 2 aromatic heterocycles. The van der Waals surface area contributed by atoms with Gasteiger partial charge >= 0.3 is 0 Å². The molecule has 228 valence electrons. The van der Waals surface area contributed by atoms with Crippen LogP contribution in [0.25, 0.3) is 55.2 Å². The van der Waals surface area contributed by atoms with Crippen LogP contribution in [0.5, 0.6) is 0 Å². The Kier molecular flexibility index (Phi) is 6.74. The lowest BCUT2D eigenvalue weighted by molar-refractivity contribution is 0.104. The first-order chi connectivity index (χ1) is 23.5. The first-order valence-corrected chi connectivity index (χ1v) is 15.3. The second-order valence-corrected chi connectivity index (χ2v) is 11.4. The molecule has 0 saturated carbocycles. The van der Waals surface area contributed by atoms with Gasteiger partial charge in [-0.2, -0.15) is 0 Å². The molecule has 0 aliphatic carbocycles. The van der Waals surface area contributed by atoms with Gasteiger partial charge in [0.15, 0.2) is 5.78 Å². The van der Waals surface area contributed by atoms with Crippen molar-refractivity contribution in [3.63, 3.8) is 0 Å². The van der Waals surface area contributed by atoms with Gasteiger partial charge < -0.3 is 0 Å². The van der Waals surface area contributed by atoms with Gasteiger partial charge in [0.1, 0.15) is 0 Å². The van der Waals surface area contributed by atoms with Crippen LogP contribution in [0.15, 0.2) is 165 Å². The maximum atomic E-state index is 14.5. The molecule has 7 heteroatoms. The summed E-state index contributed by atoms with van der Waals surface area (Å²) in [5.41, 5.74) is 0.555. The van der Waals surface area contributed by atoms with Crippen LogP contribution >= 0.6 is 0 Å². The normalized spacial score (nSPS) is 11.3. The zero-order valence-corrected chi connectivity index (χ0v) is 25.3. The monoisotopic (exact) mass is 624 g/mol. The first-order valence-electron chi connectivity index (χ1n) is 15.3. The van der Waals surface area contributed by atoms with Gasteiger partial charge in [0.05, 0.1) is 32.9 Å². The Morgan fingerprint density at radius 3 is 1.23 bits per heavy atom. The third-order valence-electron chi connectivity index (χ3n) is 8.75. The summed E-state index contributed by atoms with van der Waals surface area (Å²) < 4.78 is 2.06. The number of ketones is 1.